The van der Waals surface area contributed by atoms with Crippen LogP contribution >= 0.6 is 11.3 Å². The zero-order chi connectivity index (χ0) is 21.3. The molecule has 1 aromatic carbocycles. The summed E-state index contributed by atoms with van der Waals surface area (Å²) in [5.74, 6) is 2.53. The Bertz CT molecular complexity index is 816. The van der Waals surface area contributed by atoms with Gasteiger partial charge in [0.25, 0.3) is 0 Å². The van der Waals surface area contributed by atoms with E-state index in [1.54, 1.807) is 25.6 Å². The minimum absolute atomic E-state index is 0.394. The molecule has 0 saturated carbocycles. The Morgan fingerprint density at radius 2 is 2.03 bits per heavy atom. The van der Waals surface area contributed by atoms with Gasteiger partial charge in [-0.05, 0) is 37.5 Å². The second-order valence-corrected chi connectivity index (χ2v) is 8.51. The lowest BCUT2D eigenvalue weighted by Gasteiger charge is -2.19. The van der Waals surface area contributed by atoms with Crippen molar-refractivity contribution in [2.45, 2.75) is 38.8 Å². The highest BCUT2D eigenvalue weighted by atomic mass is 32.1. The van der Waals surface area contributed by atoms with Crippen LogP contribution in [0.2, 0.25) is 0 Å². The van der Waals surface area contributed by atoms with E-state index in [0.717, 1.165) is 68.6 Å². The van der Waals surface area contributed by atoms with Crippen molar-refractivity contribution in [3.8, 4) is 11.5 Å². The van der Waals surface area contributed by atoms with Crippen molar-refractivity contribution in [1.29, 1.82) is 0 Å². The second kappa shape index (κ2) is 11.2. The lowest BCUT2D eigenvalue weighted by atomic mass is 10.2. The van der Waals surface area contributed by atoms with Crippen LogP contribution in [0.1, 0.15) is 29.1 Å². The number of rotatable bonds is 9. The van der Waals surface area contributed by atoms with E-state index in [0.29, 0.717) is 6.04 Å². The van der Waals surface area contributed by atoms with Crippen LogP contribution in [-0.2, 0) is 13.0 Å². The monoisotopic (exact) mass is 431 g/mol. The molecular formula is C22H33N5O2S. The summed E-state index contributed by atoms with van der Waals surface area (Å²) >= 11 is 1.74. The standard InChI is InChI=1S/C22H33N5O2S/c1-16-15-30-21(25-16)6-5-8-24-22(23-2)26-18-7-9-27(14-18)13-17-10-19(28-3)12-20(11-17)29-4/h10-12,15,18H,5-9,13-14H2,1-4H3,(H2,23,24,26). The molecule has 3 rings (SSSR count). The number of likely N-dealkylation sites (tertiary alicyclic amines) is 1. The fourth-order valence-electron chi connectivity index (χ4n) is 3.66. The fraction of sp³-hybridized carbons (Fsp3) is 0.545. The molecule has 30 heavy (non-hydrogen) atoms. The highest BCUT2D eigenvalue weighted by Gasteiger charge is 2.23. The molecule has 1 aromatic heterocycles. The Morgan fingerprint density at radius 1 is 1.27 bits per heavy atom. The predicted octanol–water partition coefficient (Wildman–Crippen LogP) is 2.84. The van der Waals surface area contributed by atoms with Crippen molar-refractivity contribution in [1.82, 2.24) is 20.5 Å². The second-order valence-electron chi connectivity index (χ2n) is 7.57. The molecule has 1 saturated heterocycles. The van der Waals surface area contributed by atoms with Gasteiger partial charge in [0, 0.05) is 62.8 Å². The number of nitrogens with zero attached hydrogens (tertiary/aromatic N) is 3. The number of benzene rings is 1. The quantitative estimate of drug-likeness (QED) is 0.361. The predicted molar refractivity (Wildman–Crippen MR) is 123 cm³/mol. The van der Waals surface area contributed by atoms with Gasteiger partial charge in [-0.3, -0.25) is 9.89 Å². The number of nitrogens with one attached hydrogen (secondary N) is 2. The molecule has 8 heteroatoms. The van der Waals surface area contributed by atoms with Gasteiger partial charge < -0.3 is 20.1 Å². The molecule has 7 nitrogen and oxygen atoms in total. The van der Waals surface area contributed by atoms with Crippen molar-refractivity contribution < 1.29 is 9.47 Å². The van der Waals surface area contributed by atoms with E-state index in [2.05, 4.69) is 43.0 Å². The molecule has 0 aliphatic carbocycles. The van der Waals surface area contributed by atoms with Crippen LogP contribution in [-0.4, -0.2) is 62.8 Å². The summed E-state index contributed by atoms with van der Waals surface area (Å²) in [5, 5.41) is 10.3. The molecule has 0 bridgehead atoms. The molecular weight excluding hydrogens is 398 g/mol. The van der Waals surface area contributed by atoms with Gasteiger partial charge in [0.1, 0.15) is 11.5 Å². The first-order valence-electron chi connectivity index (χ1n) is 10.4. The molecule has 1 aliphatic rings. The Hall–Kier alpha value is -2.32. The molecule has 2 heterocycles. The van der Waals surface area contributed by atoms with Gasteiger partial charge >= 0.3 is 0 Å². The third-order valence-electron chi connectivity index (χ3n) is 5.18. The number of ether oxygens (including phenoxy) is 2. The maximum absolute atomic E-state index is 5.39. The van der Waals surface area contributed by atoms with Crippen molar-refractivity contribution in [3.63, 3.8) is 0 Å². The van der Waals surface area contributed by atoms with Crippen LogP contribution in [0.3, 0.4) is 0 Å². The molecule has 1 atom stereocenters. The van der Waals surface area contributed by atoms with Gasteiger partial charge in [-0.1, -0.05) is 0 Å². The number of hydrogen-bond donors (Lipinski definition) is 2. The molecule has 164 valence electrons. The van der Waals surface area contributed by atoms with Crippen molar-refractivity contribution in [2.24, 2.45) is 4.99 Å². The van der Waals surface area contributed by atoms with Crippen LogP contribution in [0.4, 0.5) is 0 Å². The number of methoxy groups -OCH3 is 2. The third-order valence-corrected chi connectivity index (χ3v) is 6.21. The van der Waals surface area contributed by atoms with E-state index in [4.69, 9.17) is 9.47 Å². The van der Waals surface area contributed by atoms with Crippen LogP contribution in [0.5, 0.6) is 11.5 Å². The molecule has 0 radical (unpaired) electrons. The zero-order valence-electron chi connectivity index (χ0n) is 18.4. The van der Waals surface area contributed by atoms with Crippen molar-refractivity contribution in [2.75, 3.05) is 40.9 Å². The van der Waals surface area contributed by atoms with Gasteiger partial charge in [-0.15, -0.1) is 11.3 Å². The highest BCUT2D eigenvalue weighted by molar-refractivity contribution is 7.09. The number of aromatic nitrogens is 1. The minimum Gasteiger partial charge on any atom is -0.497 e. The number of aryl methyl sites for hydroxylation is 2. The fourth-order valence-corrected chi connectivity index (χ4v) is 4.48. The SMILES string of the molecule is CN=C(NCCCc1nc(C)cs1)NC1CCN(Cc2cc(OC)cc(OC)c2)C1. The average Bonchev–Trinajstić information content (AvgIpc) is 3.38. The number of hydrogen-bond acceptors (Lipinski definition) is 6. The number of guanidine groups is 1. The van der Waals surface area contributed by atoms with Gasteiger partial charge in [-0.2, -0.15) is 0 Å². The summed E-state index contributed by atoms with van der Waals surface area (Å²) in [6.07, 6.45) is 3.14. The Labute approximate surface area is 183 Å². The normalized spacial score (nSPS) is 17.2. The largest absolute Gasteiger partial charge is 0.497 e. The minimum atomic E-state index is 0.394. The maximum atomic E-state index is 5.39. The van der Waals surface area contributed by atoms with Gasteiger partial charge in [0.2, 0.25) is 0 Å². The topological polar surface area (TPSA) is 71.0 Å². The first kappa shape index (κ1) is 22.4. The summed E-state index contributed by atoms with van der Waals surface area (Å²) in [6, 6.07) is 6.45. The summed E-state index contributed by atoms with van der Waals surface area (Å²) in [6.45, 7) is 5.85. The molecule has 2 aromatic rings. The van der Waals surface area contributed by atoms with Crippen LogP contribution < -0.4 is 20.1 Å². The van der Waals surface area contributed by atoms with Gasteiger partial charge in [0.15, 0.2) is 5.96 Å². The van der Waals surface area contributed by atoms with Crippen LogP contribution in [0.15, 0.2) is 28.6 Å². The maximum Gasteiger partial charge on any atom is 0.191 e. The molecule has 1 fully saturated rings. The Kier molecular flexibility index (Phi) is 8.33. The molecule has 0 spiro atoms. The zero-order valence-corrected chi connectivity index (χ0v) is 19.2. The first-order valence-corrected chi connectivity index (χ1v) is 11.3. The summed E-state index contributed by atoms with van der Waals surface area (Å²) in [5.41, 5.74) is 2.31. The number of thiazole rings is 1. The summed E-state index contributed by atoms with van der Waals surface area (Å²) < 4.78 is 10.8. The van der Waals surface area contributed by atoms with Gasteiger partial charge in [-0.25, -0.2) is 4.98 Å². The smallest absolute Gasteiger partial charge is 0.191 e. The van der Waals surface area contributed by atoms with E-state index in [9.17, 15) is 0 Å². The Morgan fingerprint density at radius 3 is 2.67 bits per heavy atom. The van der Waals surface area contributed by atoms with E-state index in [1.807, 2.05) is 20.0 Å². The third kappa shape index (κ3) is 6.60. The molecule has 1 aliphatic heterocycles. The van der Waals surface area contributed by atoms with E-state index < -0.39 is 0 Å². The lowest BCUT2D eigenvalue weighted by molar-refractivity contribution is 0.321. The molecule has 0 amide bonds. The highest BCUT2D eigenvalue weighted by Crippen LogP contribution is 2.24. The van der Waals surface area contributed by atoms with Gasteiger partial charge in [0.05, 0.1) is 19.2 Å². The Balaban J connectivity index is 1.42. The van der Waals surface area contributed by atoms with Crippen LogP contribution in [0.25, 0.3) is 0 Å². The number of aliphatic imine (C=N–C) groups is 1. The van der Waals surface area contributed by atoms with E-state index >= 15 is 0 Å². The first-order chi connectivity index (χ1) is 14.6. The summed E-state index contributed by atoms with van der Waals surface area (Å²) in [4.78, 5) is 11.4. The van der Waals surface area contributed by atoms with Crippen LogP contribution in [0, 0.1) is 6.92 Å². The van der Waals surface area contributed by atoms with E-state index in [-0.39, 0.29) is 0 Å². The summed E-state index contributed by atoms with van der Waals surface area (Å²) in [7, 11) is 5.20. The van der Waals surface area contributed by atoms with E-state index in [1.165, 1.54) is 10.6 Å². The molecule has 2 N–H and O–H groups in total. The molecule has 1 unspecified atom stereocenters. The average molecular weight is 432 g/mol. The van der Waals surface area contributed by atoms with Crippen molar-refractivity contribution >= 4 is 17.3 Å². The lowest BCUT2D eigenvalue weighted by Crippen LogP contribution is -2.44. The van der Waals surface area contributed by atoms with Crippen molar-refractivity contribution in [3.05, 3.63) is 39.8 Å².